The summed E-state index contributed by atoms with van der Waals surface area (Å²) < 4.78 is 1.35. The van der Waals surface area contributed by atoms with Crippen molar-refractivity contribution in [3.8, 4) is 0 Å². The average Bonchev–Trinajstić information content (AvgIpc) is 2.64. The van der Waals surface area contributed by atoms with Crippen LogP contribution in [0.1, 0.15) is 5.56 Å². The van der Waals surface area contributed by atoms with Gasteiger partial charge in [0.05, 0.1) is 11.5 Å². The molecule has 0 bridgehead atoms. The van der Waals surface area contributed by atoms with Crippen LogP contribution < -0.4 is 5.73 Å². The van der Waals surface area contributed by atoms with Crippen LogP contribution in [-0.2, 0) is 6.54 Å². The van der Waals surface area contributed by atoms with Gasteiger partial charge in [-0.1, -0.05) is 29.8 Å². The van der Waals surface area contributed by atoms with Gasteiger partial charge in [0.2, 0.25) is 5.82 Å². The van der Waals surface area contributed by atoms with Crippen LogP contribution >= 0.6 is 11.6 Å². The Bertz CT molecular complexity index is 567. The first-order valence-corrected chi connectivity index (χ1v) is 5.16. The third-order valence-electron chi connectivity index (χ3n) is 2.33. The Labute approximate surface area is 102 Å². The SMILES string of the molecule is Nc1c([N+](=O)[O-])cnn1Cc1ccccc1Cl. The van der Waals surface area contributed by atoms with Crippen molar-refractivity contribution in [2.75, 3.05) is 5.73 Å². The Kier molecular flexibility index (Phi) is 2.97. The maximum Gasteiger partial charge on any atom is 0.330 e. The second kappa shape index (κ2) is 4.42. The van der Waals surface area contributed by atoms with Gasteiger partial charge in [0.25, 0.3) is 0 Å². The number of halogens is 1. The Hall–Kier alpha value is -2.08. The number of nitro groups is 1. The monoisotopic (exact) mass is 252 g/mol. The second-order valence-corrected chi connectivity index (χ2v) is 3.83. The summed E-state index contributed by atoms with van der Waals surface area (Å²) in [6.45, 7) is 0.305. The number of nitrogens with two attached hydrogens (primary N) is 1. The van der Waals surface area contributed by atoms with Crippen LogP contribution in [0.5, 0.6) is 0 Å². The van der Waals surface area contributed by atoms with E-state index in [-0.39, 0.29) is 11.5 Å². The van der Waals surface area contributed by atoms with Gasteiger partial charge in [-0.05, 0) is 11.6 Å². The highest BCUT2D eigenvalue weighted by Crippen LogP contribution is 2.22. The number of hydrogen-bond acceptors (Lipinski definition) is 4. The molecule has 0 saturated heterocycles. The minimum absolute atomic E-state index is 0.0231. The van der Waals surface area contributed by atoms with Gasteiger partial charge in [-0.3, -0.25) is 10.1 Å². The lowest BCUT2D eigenvalue weighted by molar-refractivity contribution is -0.384. The number of hydrogen-bond donors (Lipinski definition) is 1. The van der Waals surface area contributed by atoms with Crippen molar-refractivity contribution in [2.24, 2.45) is 0 Å². The summed E-state index contributed by atoms with van der Waals surface area (Å²) in [5.74, 6) is 0.0231. The Morgan fingerprint density at radius 1 is 1.47 bits per heavy atom. The van der Waals surface area contributed by atoms with Crippen molar-refractivity contribution in [1.82, 2.24) is 9.78 Å². The average molecular weight is 253 g/mol. The highest BCUT2D eigenvalue weighted by Gasteiger charge is 2.17. The number of benzene rings is 1. The zero-order valence-electron chi connectivity index (χ0n) is 8.71. The van der Waals surface area contributed by atoms with Gasteiger partial charge in [-0.25, -0.2) is 4.68 Å². The maximum absolute atomic E-state index is 10.6. The molecule has 0 fully saturated rings. The van der Waals surface area contributed by atoms with Crippen molar-refractivity contribution < 1.29 is 4.92 Å². The number of nitrogen functional groups attached to an aromatic ring is 1. The van der Waals surface area contributed by atoms with E-state index in [1.165, 1.54) is 4.68 Å². The van der Waals surface area contributed by atoms with Crippen LogP contribution in [0.15, 0.2) is 30.5 Å². The third kappa shape index (κ3) is 2.21. The van der Waals surface area contributed by atoms with E-state index in [9.17, 15) is 10.1 Å². The molecule has 17 heavy (non-hydrogen) atoms. The molecule has 1 aromatic heterocycles. The molecule has 2 rings (SSSR count). The number of nitrogens with zero attached hydrogens (tertiary/aromatic N) is 3. The van der Waals surface area contributed by atoms with Crippen molar-refractivity contribution in [2.45, 2.75) is 6.54 Å². The van der Waals surface area contributed by atoms with E-state index in [0.717, 1.165) is 11.8 Å². The molecule has 0 unspecified atom stereocenters. The standard InChI is InChI=1S/C10H9ClN4O2/c11-8-4-2-1-3-7(8)6-14-10(12)9(5-13-14)15(16)17/h1-5H,6,12H2. The Morgan fingerprint density at radius 3 is 2.76 bits per heavy atom. The molecule has 0 radical (unpaired) electrons. The van der Waals surface area contributed by atoms with Crippen molar-refractivity contribution in [3.05, 3.63) is 51.2 Å². The molecule has 2 N–H and O–H groups in total. The molecule has 0 atom stereocenters. The first kappa shape index (κ1) is 11.4. The topological polar surface area (TPSA) is 87.0 Å². The van der Waals surface area contributed by atoms with Crippen LogP contribution in [-0.4, -0.2) is 14.7 Å². The third-order valence-corrected chi connectivity index (χ3v) is 2.70. The summed E-state index contributed by atoms with van der Waals surface area (Å²) in [6.07, 6.45) is 1.13. The van der Waals surface area contributed by atoms with Gasteiger partial charge < -0.3 is 5.73 Å². The van der Waals surface area contributed by atoms with E-state index in [2.05, 4.69) is 5.10 Å². The lowest BCUT2D eigenvalue weighted by Crippen LogP contribution is -2.07. The summed E-state index contributed by atoms with van der Waals surface area (Å²) in [7, 11) is 0. The zero-order valence-corrected chi connectivity index (χ0v) is 9.46. The number of rotatable bonds is 3. The van der Waals surface area contributed by atoms with Gasteiger partial charge in [0, 0.05) is 5.02 Å². The largest absolute Gasteiger partial charge is 0.378 e. The van der Waals surface area contributed by atoms with Gasteiger partial charge in [0.15, 0.2) is 0 Å². The zero-order chi connectivity index (χ0) is 12.4. The lowest BCUT2D eigenvalue weighted by atomic mass is 10.2. The van der Waals surface area contributed by atoms with Gasteiger partial charge >= 0.3 is 5.69 Å². The predicted molar refractivity (Wildman–Crippen MR) is 63.8 cm³/mol. The summed E-state index contributed by atoms with van der Waals surface area (Å²) >= 11 is 5.98. The van der Waals surface area contributed by atoms with Crippen LogP contribution in [0.25, 0.3) is 0 Å². The number of anilines is 1. The van der Waals surface area contributed by atoms with Gasteiger partial charge in [0.1, 0.15) is 6.20 Å². The molecule has 7 heteroatoms. The normalized spacial score (nSPS) is 10.4. The first-order valence-electron chi connectivity index (χ1n) is 4.78. The summed E-state index contributed by atoms with van der Waals surface area (Å²) in [6, 6.07) is 7.19. The minimum atomic E-state index is -0.564. The van der Waals surface area contributed by atoms with Crippen LogP contribution in [0, 0.1) is 10.1 Å². The molecule has 0 aliphatic heterocycles. The molecule has 0 amide bonds. The molecule has 0 aliphatic carbocycles. The smallest absolute Gasteiger partial charge is 0.330 e. The molecule has 88 valence electrons. The first-order chi connectivity index (χ1) is 8.09. The molecule has 1 aromatic carbocycles. The second-order valence-electron chi connectivity index (χ2n) is 3.42. The van der Waals surface area contributed by atoms with Crippen LogP contribution in [0.2, 0.25) is 5.02 Å². The maximum atomic E-state index is 10.6. The molecule has 0 aliphatic rings. The summed E-state index contributed by atoms with van der Waals surface area (Å²) in [5, 5.41) is 15.0. The van der Waals surface area contributed by atoms with Gasteiger partial charge in [-0.2, -0.15) is 5.10 Å². The van der Waals surface area contributed by atoms with E-state index in [1.807, 2.05) is 12.1 Å². The highest BCUT2D eigenvalue weighted by molar-refractivity contribution is 6.31. The lowest BCUT2D eigenvalue weighted by Gasteiger charge is -2.05. The molecular weight excluding hydrogens is 244 g/mol. The quantitative estimate of drug-likeness (QED) is 0.669. The van der Waals surface area contributed by atoms with Crippen LogP contribution in [0.3, 0.4) is 0 Å². The van der Waals surface area contributed by atoms with E-state index >= 15 is 0 Å². The van der Waals surface area contributed by atoms with E-state index in [4.69, 9.17) is 17.3 Å². The van der Waals surface area contributed by atoms with Crippen molar-refractivity contribution >= 4 is 23.1 Å². The van der Waals surface area contributed by atoms with Gasteiger partial charge in [-0.15, -0.1) is 0 Å². The fraction of sp³-hybridized carbons (Fsp3) is 0.100. The number of aromatic nitrogens is 2. The highest BCUT2D eigenvalue weighted by atomic mass is 35.5. The Balaban J connectivity index is 2.31. The summed E-state index contributed by atoms with van der Waals surface area (Å²) in [5.41, 5.74) is 6.23. The molecule has 0 saturated carbocycles. The molecule has 1 heterocycles. The van der Waals surface area contributed by atoms with E-state index in [1.54, 1.807) is 12.1 Å². The summed E-state index contributed by atoms with van der Waals surface area (Å²) in [4.78, 5) is 10.0. The molecule has 6 nitrogen and oxygen atoms in total. The molecule has 0 spiro atoms. The van der Waals surface area contributed by atoms with E-state index < -0.39 is 4.92 Å². The van der Waals surface area contributed by atoms with Crippen LogP contribution in [0.4, 0.5) is 11.5 Å². The molecule has 2 aromatic rings. The Morgan fingerprint density at radius 2 is 2.18 bits per heavy atom. The van der Waals surface area contributed by atoms with E-state index in [0.29, 0.717) is 11.6 Å². The van der Waals surface area contributed by atoms with Crippen molar-refractivity contribution in [3.63, 3.8) is 0 Å². The fourth-order valence-electron chi connectivity index (χ4n) is 1.44. The fourth-order valence-corrected chi connectivity index (χ4v) is 1.64. The van der Waals surface area contributed by atoms with Crippen molar-refractivity contribution in [1.29, 1.82) is 0 Å². The molecular formula is C10H9ClN4O2. The minimum Gasteiger partial charge on any atom is -0.378 e. The predicted octanol–water partition coefficient (Wildman–Crippen LogP) is 2.08.